The SMILES string of the molecule is CCCCCNCc1ccco1. The number of hydrogen-bond donors (Lipinski definition) is 1. The van der Waals surface area contributed by atoms with E-state index < -0.39 is 0 Å². The highest BCUT2D eigenvalue weighted by molar-refractivity contribution is 4.97. The first kappa shape index (κ1) is 9.33. The zero-order valence-electron chi connectivity index (χ0n) is 7.68. The molecular formula is C10H17NO. The molecule has 0 aliphatic carbocycles. The van der Waals surface area contributed by atoms with Gasteiger partial charge in [0, 0.05) is 0 Å². The van der Waals surface area contributed by atoms with E-state index >= 15 is 0 Å². The maximum atomic E-state index is 5.18. The van der Waals surface area contributed by atoms with Crippen LogP contribution in [0.4, 0.5) is 0 Å². The lowest BCUT2D eigenvalue weighted by Crippen LogP contribution is -2.13. The summed E-state index contributed by atoms with van der Waals surface area (Å²) in [5, 5.41) is 3.33. The quantitative estimate of drug-likeness (QED) is 0.659. The Morgan fingerprint density at radius 1 is 1.42 bits per heavy atom. The van der Waals surface area contributed by atoms with Gasteiger partial charge in [-0.15, -0.1) is 0 Å². The fourth-order valence-corrected chi connectivity index (χ4v) is 1.12. The molecule has 0 aliphatic heterocycles. The molecule has 0 saturated carbocycles. The van der Waals surface area contributed by atoms with Crippen molar-refractivity contribution < 1.29 is 4.42 Å². The van der Waals surface area contributed by atoms with Gasteiger partial charge in [-0.05, 0) is 25.1 Å². The minimum absolute atomic E-state index is 0.858. The zero-order valence-corrected chi connectivity index (χ0v) is 7.68. The summed E-state index contributed by atoms with van der Waals surface area (Å²) in [6, 6.07) is 3.91. The molecule has 2 nitrogen and oxygen atoms in total. The van der Waals surface area contributed by atoms with Gasteiger partial charge in [-0.25, -0.2) is 0 Å². The molecule has 1 rings (SSSR count). The van der Waals surface area contributed by atoms with Crippen LogP contribution < -0.4 is 5.32 Å². The van der Waals surface area contributed by atoms with Gasteiger partial charge in [-0.2, -0.15) is 0 Å². The number of furan rings is 1. The first-order valence-electron chi connectivity index (χ1n) is 4.66. The second-order valence-corrected chi connectivity index (χ2v) is 2.96. The number of unbranched alkanes of at least 4 members (excludes halogenated alkanes) is 2. The molecule has 1 heterocycles. The van der Waals surface area contributed by atoms with Crippen LogP contribution in [0.3, 0.4) is 0 Å². The third-order valence-electron chi connectivity index (χ3n) is 1.84. The molecule has 0 amide bonds. The number of rotatable bonds is 6. The maximum absolute atomic E-state index is 5.18. The maximum Gasteiger partial charge on any atom is 0.117 e. The summed E-state index contributed by atoms with van der Waals surface area (Å²) in [5.41, 5.74) is 0. The highest BCUT2D eigenvalue weighted by atomic mass is 16.3. The van der Waals surface area contributed by atoms with E-state index in [1.54, 1.807) is 6.26 Å². The highest BCUT2D eigenvalue weighted by Crippen LogP contribution is 1.98. The Morgan fingerprint density at radius 3 is 3.00 bits per heavy atom. The topological polar surface area (TPSA) is 25.2 Å². The summed E-state index contributed by atoms with van der Waals surface area (Å²) in [6.07, 6.45) is 5.56. The van der Waals surface area contributed by atoms with Crippen LogP contribution in [0.5, 0.6) is 0 Å². The minimum atomic E-state index is 0.858. The van der Waals surface area contributed by atoms with E-state index in [-0.39, 0.29) is 0 Å². The summed E-state index contributed by atoms with van der Waals surface area (Å²) >= 11 is 0. The van der Waals surface area contributed by atoms with Crippen LogP contribution in [0, 0.1) is 0 Å². The lowest BCUT2D eigenvalue weighted by atomic mass is 10.2. The first-order chi connectivity index (χ1) is 5.93. The van der Waals surface area contributed by atoms with Crippen LogP contribution in [0.25, 0.3) is 0 Å². The lowest BCUT2D eigenvalue weighted by molar-refractivity contribution is 0.479. The van der Waals surface area contributed by atoms with E-state index in [1.165, 1.54) is 19.3 Å². The zero-order chi connectivity index (χ0) is 8.65. The fraction of sp³-hybridized carbons (Fsp3) is 0.600. The van der Waals surface area contributed by atoms with E-state index in [0.29, 0.717) is 0 Å². The molecule has 0 radical (unpaired) electrons. The Balaban J connectivity index is 1.96. The van der Waals surface area contributed by atoms with E-state index in [1.807, 2.05) is 12.1 Å². The summed E-state index contributed by atoms with van der Waals surface area (Å²) < 4.78 is 5.18. The van der Waals surface area contributed by atoms with Crippen LogP contribution in [0.2, 0.25) is 0 Å². The molecule has 1 aromatic heterocycles. The summed E-state index contributed by atoms with van der Waals surface area (Å²) in [5.74, 6) is 1.02. The second kappa shape index (κ2) is 5.84. The Kier molecular flexibility index (Phi) is 4.54. The Labute approximate surface area is 74.0 Å². The first-order valence-corrected chi connectivity index (χ1v) is 4.66. The van der Waals surface area contributed by atoms with Gasteiger partial charge in [0.25, 0.3) is 0 Å². The Hall–Kier alpha value is -0.760. The van der Waals surface area contributed by atoms with Gasteiger partial charge in [-0.3, -0.25) is 0 Å². The highest BCUT2D eigenvalue weighted by Gasteiger charge is 1.92. The van der Waals surface area contributed by atoms with Gasteiger partial charge in [-0.1, -0.05) is 19.8 Å². The average Bonchev–Trinajstić information content (AvgIpc) is 2.57. The van der Waals surface area contributed by atoms with Gasteiger partial charge in [0.15, 0.2) is 0 Å². The Bertz CT molecular complexity index is 182. The van der Waals surface area contributed by atoms with Crippen molar-refractivity contribution in [1.82, 2.24) is 5.32 Å². The van der Waals surface area contributed by atoms with Crippen LogP contribution in [0.1, 0.15) is 31.9 Å². The molecule has 0 atom stereocenters. The average molecular weight is 167 g/mol. The van der Waals surface area contributed by atoms with Crippen molar-refractivity contribution >= 4 is 0 Å². The predicted octanol–water partition coefficient (Wildman–Crippen LogP) is 2.56. The van der Waals surface area contributed by atoms with E-state index in [4.69, 9.17) is 4.42 Å². The molecule has 1 aromatic rings. The molecule has 0 aromatic carbocycles. The molecule has 0 aliphatic rings. The predicted molar refractivity (Wildman–Crippen MR) is 49.9 cm³/mol. The van der Waals surface area contributed by atoms with Crippen LogP contribution in [0.15, 0.2) is 22.8 Å². The van der Waals surface area contributed by atoms with Crippen molar-refractivity contribution in [3.05, 3.63) is 24.2 Å². The lowest BCUT2D eigenvalue weighted by Gasteiger charge is -2.00. The van der Waals surface area contributed by atoms with Crippen molar-refractivity contribution in [2.75, 3.05) is 6.54 Å². The molecule has 12 heavy (non-hydrogen) atoms. The molecule has 0 saturated heterocycles. The normalized spacial score (nSPS) is 10.4. The molecule has 0 bridgehead atoms. The smallest absolute Gasteiger partial charge is 0.117 e. The van der Waals surface area contributed by atoms with Crippen LogP contribution in [-0.4, -0.2) is 6.54 Å². The second-order valence-electron chi connectivity index (χ2n) is 2.96. The van der Waals surface area contributed by atoms with Gasteiger partial charge in [0.2, 0.25) is 0 Å². The van der Waals surface area contributed by atoms with E-state index in [0.717, 1.165) is 18.8 Å². The van der Waals surface area contributed by atoms with Crippen molar-refractivity contribution in [1.29, 1.82) is 0 Å². The summed E-state index contributed by atoms with van der Waals surface area (Å²) in [4.78, 5) is 0. The van der Waals surface area contributed by atoms with Crippen molar-refractivity contribution in [3.8, 4) is 0 Å². The van der Waals surface area contributed by atoms with Crippen molar-refractivity contribution in [3.63, 3.8) is 0 Å². The molecule has 1 N–H and O–H groups in total. The summed E-state index contributed by atoms with van der Waals surface area (Å²) in [6.45, 7) is 4.16. The van der Waals surface area contributed by atoms with E-state index in [9.17, 15) is 0 Å². The van der Waals surface area contributed by atoms with Gasteiger partial charge < -0.3 is 9.73 Å². The summed E-state index contributed by atoms with van der Waals surface area (Å²) in [7, 11) is 0. The van der Waals surface area contributed by atoms with Crippen LogP contribution >= 0.6 is 0 Å². The van der Waals surface area contributed by atoms with E-state index in [2.05, 4.69) is 12.2 Å². The minimum Gasteiger partial charge on any atom is -0.468 e. The van der Waals surface area contributed by atoms with Crippen molar-refractivity contribution in [2.24, 2.45) is 0 Å². The Morgan fingerprint density at radius 2 is 2.33 bits per heavy atom. The molecular weight excluding hydrogens is 150 g/mol. The monoisotopic (exact) mass is 167 g/mol. The third kappa shape index (κ3) is 3.58. The van der Waals surface area contributed by atoms with Gasteiger partial charge in [0.1, 0.15) is 5.76 Å². The molecule has 0 fully saturated rings. The standard InChI is InChI=1S/C10H17NO/c1-2-3-4-7-11-9-10-6-5-8-12-10/h5-6,8,11H,2-4,7,9H2,1H3. The molecule has 0 unspecified atom stereocenters. The molecule has 0 spiro atoms. The van der Waals surface area contributed by atoms with Gasteiger partial charge >= 0.3 is 0 Å². The van der Waals surface area contributed by atoms with Gasteiger partial charge in [0.05, 0.1) is 12.8 Å². The largest absolute Gasteiger partial charge is 0.468 e. The van der Waals surface area contributed by atoms with Crippen LogP contribution in [-0.2, 0) is 6.54 Å². The molecule has 68 valence electrons. The number of nitrogens with one attached hydrogen (secondary N) is 1. The molecule has 2 heteroatoms. The fourth-order valence-electron chi connectivity index (χ4n) is 1.12. The third-order valence-corrected chi connectivity index (χ3v) is 1.84. The van der Waals surface area contributed by atoms with Crippen molar-refractivity contribution in [2.45, 2.75) is 32.7 Å². The number of hydrogen-bond acceptors (Lipinski definition) is 2.